The first-order chi connectivity index (χ1) is 14.9. The van der Waals surface area contributed by atoms with Gasteiger partial charge in [-0.3, -0.25) is 10.1 Å². The molecule has 1 aromatic heterocycles. The number of thiazole rings is 1. The number of phenols is 1. The third kappa shape index (κ3) is 4.41. The van der Waals surface area contributed by atoms with Crippen LogP contribution in [-0.2, 0) is 0 Å². The van der Waals surface area contributed by atoms with Gasteiger partial charge in [0.2, 0.25) is 5.75 Å². The summed E-state index contributed by atoms with van der Waals surface area (Å²) in [4.78, 5) is 15.0. The van der Waals surface area contributed by atoms with Gasteiger partial charge < -0.3 is 19.3 Å². The fourth-order valence-electron chi connectivity index (χ4n) is 2.83. The second kappa shape index (κ2) is 9.15. The monoisotopic (exact) mass is 439 g/mol. The van der Waals surface area contributed by atoms with Crippen LogP contribution in [0.5, 0.6) is 23.0 Å². The van der Waals surface area contributed by atoms with E-state index < -0.39 is 16.4 Å². The van der Waals surface area contributed by atoms with E-state index in [1.165, 1.54) is 37.7 Å². The Labute approximate surface area is 181 Å². The first-order valence-electron chi connectivity index (χ1n) is 8.77. The summed E-state index contributed by atoms with van der Waals surface area (Å²) in [5, 5.41) is 33.0. The molecule has 0 saturated carbocycles. The predicted octanol–water partition coefficient (Wildman–Crippen LogP) is 4.51. The van der Waals surface area contributed by atoms with Crippen LogP contribution in [0, 0.1) is 21.4 Å². The molecule has 0 saturated heterocycles. The fraction of sp³-hybridized carbons (Fsp3) is 0.143. The maximum Gasteiger partial charge on any atom is 0.315 e. The highest BCUT2D eigenvalue weighted by Crippen LogP contribution is 2.38. The van der Waals surface area contributed by atoms with Gasteiger partial charge in [-0.05, 0) is 35.9 Å². The van der Waals surface area contributed by atoms with Crippen molar-refractivity contribution < 1.29 is 24.2 Å². The van der Waals surface area contributed by atoms with E-state index in [-0.39, 0.29) is 11.3 Å². The molecule has 3 rings (SSSR count). The lowest BCUT2D eigenvalue weighted by molar-refractivity contribution is -0.386. The zero-order valence-electron chi connectivity index (χ0n) is 16.8. The Balaban J connectivity index is 2.01. The van der Waals surface area contributed by atoms with E-state index in [2.05, 4.69) is 11.1 Å². The number of allylic oxidation sites excluding steroid dienone is 1. The Morgan fingerprint density at radius 3 is 2.48 bits per heavy atom. The van der Waals surface area contributed by atoms with Crippen LogP contribution in [0.15, 0.2) is 35.7 Å². The third-order valence-corrected chi connectivity index (χ3v) is 5.21. The average molecular weight is 439 g/mol. The molecule has 3 aromatic rings. The van der Waals surface area contributed by atoms with Crippen molar-refractivity contribution in [2.45, 2.75) is 0 Å². The number of nitriles is 1. The topological polar surface area (TPSA) is 128 Å². The average Bonchev–Trinajstić information content (AvgIpc) is 3.27. The Kier molecular flexibility index (Phi) is 6.37. The number of aromatic hydroxyl groups is 1. The molecule has 0 fully saturated rings. The van der Waals surface area contributed by atoms with Gasteiger partial charge in [-0.2, -0.15) is 5.26 Å². The van der Waals surface area contributed by atoms with Crippen molar-refractivity contribution >= 4 is 28.7 Å². The quantitative estimate of drug-likeness (QED) is 0.323. The molecule has 0 aliphatic rings. The van der Waals surface area contributed by atoms with Gasteiger partial charge >= 0.3 is 5.69 Å². The number of ether oxygens (including phenoxy) is 3. The Morgan fingerprint density at radius 1 is 1.16 bits per heavy atom. The number of benzene rings is 2. The number of nitro benzene ring substituents is 1. The van der Waals surface area contributed by atoms with Crippen LogP contribution in [0.3, 0.4) is 0 Å². The molecule has 0 spiro atoms. The molecule has 0 aliphatic heterocycles. The van der Waals surface area contributed by atoms with Gasteiger partial charge in [0.15, 0.2) is 17.2 Å². The zero-order chi connectivity index (χ0) is 22.5. The number of nitro groups is 1. The van der Waals surface area contributed by atoms with E-state index in [9.17, 15) is 20.5 Å². The number of nitrogens with zero attached hydrogens (tertiary/aromatic N) is 3. The van der Waals surface area contributed by atoms with Crippen molar-refractivity contribution in [3.05, 3.63) is 56.4 Å². The molecule has 1 N–H and O–H groups in total. The van der Waals surface area contributed by atoms with Crippen LogP contribution >= 0.6 is 11.3 Å². The minimum atomic E-state index is -0.722. The number of aromatic nitrogens is 1. The van der Waals surface area contributed by atoms with Crippen molar-refractivity contribution in [2.75, 3.05) is 21.3 Å². The Hall–Kier alpha value is -4.10. The van der Waals surface area contributed by atoms with Crippen LogP contribution in [0.1, 0.15) is 10.6 Å². The predicted molar refractivity (Wildman–Crippen MR) is 115 cm³/mol. The molecule has 0 aliphatic carbocycles. The standard InChI is InChI=1S/C21H17N3O6S/c1-28-17-5-4-13(9-18(17)29-2)15-11-31-21(23-15)14(10-22)6-12-7-16(24(26)27)20(25)19(8-12)30-3/h4-9,11,25H,1-3H3/b14-6+. The summed E-state index contributed by atoms with van der Waals surface area (Å²) in [7, 11) is 4.37. The molecule has 0 amide bonds. The third-order valence-electron chi connectivity index (χ3n) is 4.34. The Morgan fingerprint density at radius 2 is 1.87 bits per heavy atom. The molecule has 0 atom stereocenters. The minimum Gasteiger partial charge on any atom is -0.500 e. The van der Waals surface area contributed by atoms with E-state index in [4.69, 9.17) is 14.2 Å². The second-order valence-corrected chi connectivity index (χ2v) is 6.98. The molecule has 9 nitrogen and oxygen atoms in total. The van der Waals surface area contributed by atoms with Crippen molar-refractivity contribution in [3.63, 3.8) is 0 Å². The largest absolute Gasteiger partial charge is 0.500 e. The van der Waals surface area contributed by atoms with Gasteiger partial charge in [0.25, 0.3) is 0 Å². The van der Waals surface area contributed by atoms with Crippen LogP contribution < -0.4 is 14.2 Å². The molecule has 1 heterocycles. The van der Waals surface area contributed by atoms with E-state index in [0.717, 1.165) is 11.6 Å². The van der Waals surface area contributed by atoms with Gasteiger partial charge in [-0.1, -0.05) is 0 Å². The van der Waals surface area contributed by atoms with E-state index in [0.29, 0.717) is 27.8 Å². The summed E-state index contributed by atoms with van der Waals surface area (Å²) >= 11 is 1.25. The summed E-state index contributed by atoms with van der Waals surface area (Å²) in [6, 6.07) is 10.00. The van der Waals surface area contributed by atoms with E-state index >= 15 is 0 Å². The van der Waals surface area contributed by atoms with Gasteiger partial charge in [0.1, 0.15) is 11.1 Å². The zero-order valence-corrected chi connectivity index (χ0v) is 17.6. The molecule has 31 heavy (non-hydrogen) atoms. The maximum atomic E-state index is 11.2. The number of phenolic OH excluding ortho intramolecular Hbond substituents is 1. The molecule has 0 bridgehead atoms. The van der Waals surface area contributed by atoms with Gasteiger partial charge in [0, 0.05) is 17.0 Å². The SMILES string of the molecule is COc1ccc(-c2csc(/C(C#N)=C/c3cc(OC)c(O)c([N+](=O)[O-])c3)n2)cc1OC. The van der Waals surface area contributed by atoms with Crippen molar-refractivity contribution in [1.29, 1.82) is 5.26 Å². The van der Waals surface area contributed by atoms with Crippen LogP contribution in [0.2, 0.25) is 0 Å². The van der Waals surface area contributed by atoms with Gasteiger partial charge in [0.05, 0.1) is 37.5 Å². The lowest BCUT2D eigenvalue weighted by atomic mass is 10.1. The first kappa shape index (κ1) is 21.6. The summed E-state index contributed by atoms with van der Waals surface area (Å²) < 4.78 is 15.5. The smallest absolute Gasteiger partial charge is 0.315 e. The molecule has 158 valence electrons. The van der Waals surface area contributed by atoms with E-state index in [1.54, 1.807) is 24.6 Å². The van der Waals surface area contributed by atoms with Crippen molar-refractivity contribution in [3.8, 4) is 40.3 Å². The number of methoxy groups -OCH3 is 3. The lowest BCUT2D eigenvalue weighted by Gasteiger charge is -2.08. The normalized spacial score (nSPS) is 11.0. The maximum absolute atomic E-state index is 11.2. The van der Waals surface area contributed by atoms with Gasteiger partial charge in [-0.25, -0.2) is 4.98 Å². The summed E-state index contributed by atoms with van der Waals surface area (Å²) in [5.41, 5.74) is 1.42. The first-order valence-corrected chi connectivity index (χ1v) is 9.65. The minimum absolute atomic E-state index is 0.0668. The van der Waals surface area contributed by atoms with Gasteiger partial charge in [-0.15, -0.1) is 11.3 Å². The number of hydrogen-bond acceptors (Lipinski definition) is 9. The fourth-order valence-corrected chi connectivity index (χ4v) is 3.62. The lowest BCUT2D eigenvalue weighted by Crippen LogP contribution is -1.93. The summed E-state index contributed by atoms with van der Waals surface area (Å²) in [6.07, 6.45) is 1.45. The molecule has 0 radical (unpaired) electrons. The van der Waals surface area contributed by atoms with Crippen LogP contribution in [0.25, 0.3) is 22.9 Å². The van der Waals surface area contributed by atoms with Crippen molar-refractivity contribution in [1.82, 2.24) is 4.98 Å². The highest BCUT2D eigenvalue weighted by Gasteiger charge is 2.20. The number of hydrogen-bond donors (Lipinski definition) is 1. The van der Waals surface area contributed by atoms with Crippen molar-refractivity contribution in [2.24, 2.45) is 0 Å². The Bertz CT molecular complexity index is 1210. The second-order valence-electron chi connectivity index (χ2n) is 6.13. The molecule has 2 aromatic carbocycles. The molecular formula is C21H17N3O6S. The summed E-state index contributed by atoms with van der Waals surface area (Å²) in [5.74, 6) is 0.493. The molecular weight excluding hydrogens is 422 g/mol. The molecule has 0 unspecified atom stereocenters. The van der Waals surface area contributed by atoms with Crippen LogP contribution in [0.4, 0.5) is 5.69 Å². The van der Waals surface area contributed by atoms with E-state index in [1.807, 2.05) is 6.07 Å². The number of rotatable bonds is 7. The highest BCUT2D eigenvalue weighted by atomic mass is 32.1. The van der Waals surface area contributed by atoms with Crippen LogP contribution in [-0.4, -0.2) is 36.3 Å². The highest BCUT2D eigenvalue weighted by molar-refractivity contribution is 7.11. The molecule has 10 heteroatoms. The summed E-state index contributed by atoms with van der Waals surface area (Å²) in [6.45, 7) is 0.